The molecule has 70 valence electrons. The second-order valence-electron chi connectivity index (χ2n) is 2.59. The summed E-state index contributed by atoms with van der Waals surface area (Å²) in [4.78, 5) is 11.2. The Labute approximate surface area is 85.5 Å². The summed E-state index contributed by atoms with van der Waals surface area (Å²) in [5.74, 6) is -0.995. The summed E-state index contributed by atoms with van der Waals surface area (Å²) in [5, 5.41) is 0.240. The van der Waals surface area contributed by atoms with Crippen molar-refractivity contribution >= 4 is 29.0 Å². The van der Waals surface area contributed by atoms with E-state index in [1.165, 1.54) is 19.1 Å². The summed E-state index contributed by atoms with van der Waals surface area (Å²) in [5.41, 5.74) is 0.426. The summed E-state index contributed by atoms with van der Waals surface area (Å²) in [6, 6.07) is 2.58. The van der Waals surface area contributed by atoms with Gasteiger partial charge in [0.25, 0.3) is 0 Å². The van der Waals surface area contributed by atoms with E-state index in [2.05, 4.69) is 0 Å². The molecule has 0 aliphatic rings. The molecule has 0 bridgehead atoms. The lowest BCUT2D eigenvalue weighted by atomic mass is 10.1. The van der Waals surface area contributed by atoms with E-state index in [1.54, 1.807) is 0 Å². The van der Waals surface area contributed by atoms with Gasteiger partial charge in [-0.25, -0.2) is 4.39 Å². The molecule has 0 aliphatic heterocycles. The molecule has 0 aliphatic carbocycles. The number of rotatable bonds is 2. The Morgan fingerprint density at radius 3 is 2.69 bits per heavy atom. The van der Waals surface area contributed by atoms with Crippen LogP contribution in [0.3, 0.4) is 0 Å². The fraction of sp³-hybridized carbons (Fsp3) is 0.222. The van der Waals surface area contributed by atoms with Gasteiger partial charge in [-0.05, 0) is 24.6 Å². The molecule has 0 radical (unpaired) electrons. The van der Waals surface area contributed by atoms with Crippen LogP contribution in [0, 0.1) is 12.7 Å². The zero-order valence-electron chi connectivity index (χ0n) is 6.90. The number of hydrogen-bond donors (Lipinski definition) is 0. The number of carbonyl (C=O) groups excluding carboxylic acids is 1. The van der Waals surface area contributed by atoms with Crippen LogP contribution < -0.4 is 0 Å². The summed E-state index contributed by atoms with van der Waals surface area (Å²) in [7, 11) is 0. The highest BCUT2D eigenvalue weighted by atomic mass is 35.5. The third-order valence-corrected chi connectivity index (χ3v) is 2.31. The molecule has 0 saturated carbocycles. The average Bonchev–Trinajstić information content (AvgIpc) is 2.12. The zero-order chi connectivity index (χ0) is 10.0. The molecule has 1 aromatic rings. The normalized spacial score (nSPS) is 10.2. The Hall–Kier alpha value is -0.600. The van der Waals surface area contributed by atoms with Gasteiger partial charge >= 0.3 is 0 Å². The molecule has 0 N–H and O–H groups in total. The van der Waals surface area contributed by atoms with E-state index in [1.807, 2.05) is 0 Å². The summed E-state index contributed by atoms with van der Waals surface area (Å²) < 4.78 is 13.0. The summed E-state index contributed by atoms with van der Waals surface area (Å²) in [6.07, 6.45) is 0. The van der Waals surface area contributed by atoms with Crippen LogP contribution >= 0.6 is 23.2 Å². The molecule has 0 aromatic heterocycles. The molecular weight excluding hydrogens is 214 g/mol. The lowest BCUT2D eigenvalue weighted by molar-refractivity contribution is 0.102. The van der Waals surface area contributed by atoms with Crippen molar-refractivity contribution in [3.63, 3.8) is 0 Å². The van der Waals surface area contributed by atoms with Crippen LogP contribution in [0.1, 0.15) is 15.9 Å². The van der Waals surface area contributed by atoms with Gasteiger partial charge in [-0.3, -0.25) is 4.79 Å². The minimum absolute atomic E-state index is 0.177. The Kier molecular flexibility index (Phi) is 3.28. The van der Waals surface area contributed by atoms with Crippen molar-refractivity contribution in [3.8, 4) is 0 Å². The first-order valence-electron chi connectivity index (χ1n) is 3.61. The van der Waals surface area contributed by atoms with E-state index >= 15 is 0 Å². The Morgan fingerprint density at radius 2 is 2.15 bits per heavy atom. The van der Waals surface area contributed by atoms with Crippen LogP contribution in [0.2, 0.25) is 5.02 Å². The average molecular weight is 221 g/mol. The van der Waals surface area contributed by atoms with Crippen molar-refractivity contribution in [2.24, 2.45) is 0 Å². The number of benzene rings is 1. The minimum Gasteiger partial charge on any atom is -0.293 e. The number of alkyl halides is 1. The van der Waals surface area contributed by atoms with Gasteiger partial charge < -0.3 is 0 Å². The van der Waals surface area contributed by atoms with E-state index in [0.29, 0.717) is 0 Å². The fourth-order valence-corrected chi connectivity index (χ4v) is 1.51. The van der Waals surface area contributed by atoms with Gasteiger partial charge in [-0.1, -0.05) is 11.6 Å². The van der Waals surface area contributed by atoms with E-state index in [9.17, 15) is 9.18 Å². The van der Waals surface area contributed by atoms with Gasteiger partial charge in [0.05, 0.1) is 10.9 Å². The van der Waals surface area contributed by atoms with Crippen molar-refractivity contribution in [1.29, 1.82) is 0 Å². The molecular formula is C9H7Cl2FO. The topological polar surface area (TPSA) is 17.1 Å². The molecule has 13 heavy (non-hydrogen) atoms. The molecule has 0 saturated heterocycles. The van der Waals surface area contributed by atoms with E-state index in [0.717, 1.165) is 0 Å². The summed E-state index contributed by atoms with van der Waals surface area (Å²) in [6.45, 7) is 1.50. The first-order chi connectivity index (χ1) is 6.07. The van der Waals surface area contributed by atoms with Crippen LogP contribution in [-0.2, 0) is 0 Å². The maximum Gasteiger partial charge on any atom is 0.179 e. The molecule has 0 heterocycles. The van der Waals surface area contributed by atoms with Gasteiger partial charge in [-0.2, -0.15) is 0 Å². The Bertz CT molecular complexity index is 350. The van der Waals surface area contributed by atoms with E-state index < -0.39 is 5.82 Å². The minimum atomic E-state index is -0.446. The van der Waals surface area contributed by atoms with Crippen molar-refractivity contribution in [2.75, 3.05) is 5.88 Å². The van der Waals surface area contributed by atoms with Crippen molar-refractivity contribution in [1.82, 2.24) is 0 Å². The molecule has 4 heteroatoms. The second kappa shape index (κ2) is 4.07. The predicted octanol–water partition coefficient (Wildman–Crippen LogP) is 3.21. The maximum absolute atomic E-state index is 13.0. The molecule has 0 atom stereocenters. The van der Waals surface area contributed by atoms with Gasteiger partial charge in [0.2, 0.25) is 0 Å². The van der Waals surface area contributed by atoms with Gasteiger partial charge in [0.1, 0.15) is 5.82 Å². The highest BCUT2D eigenvalue weighted by molar-refractivity contribution is 6.37. The first kappa shape index (κ1) is 10.5. The first-order valence-corrected chi connectivity index (χ1v) is 4.53. The smallest absolute Gasteiger partial charge is 0.179 e. The van der Waals surface area contributed by atoms with Crippen molar-refractivity contribution < 1.29 is 9.18 Å². The number of ketones is 1. The summed E-state index contributed by atoms with van der Waals surface area (Å²) >= 11 is 11.1. The monoisotopic (exact) mass is 220 g/mol. The molecule has 0 spiro atoms. The van der Waals surface area contributed by atoms with Crippen LogP contribution in [-0.4, -0.2) is 11.7 Å². The fourth-order valence-electron chi connectivity index (χ4n) is 1.06. The van der Waals surface area contributed by atoms with Gasteiger partial charge in [-0.15, -0.1) is 11.6 Å². The maximum atomic E-state index is 13.0. The van der Waals surface area contributed by atoms with Crippen LogP contribution in [0.5, 0.6) is 0 Å². The third-order valence-electron chi connectivity index (χ3n) is 1.75. The van der Waals surface area contributed by atoms with E-state index in [4.69, 9.17) is 23.2 Å². The number of halogens is 3. The number of Topliss-reactive ketones (excluding diaryl/α,β-unsaturated/α-hetero) is 1. The standard InChI is InChI=1S/C9H7Cl2FO/c1-5-7(12)3-2-6(11)9(5)8(13)4-10/h2-3H,4H2,1H3. The molecule has 1 aromatic carbocycles. The number of hydrogen-bond acceptors (Lipinski definition) is 1. The molecule has 0 unspecified atom stereocenters. The van der Waals surface area contributed by atoms with Gasteiger partial charge in [0.15, 0.2) is 5.78 Å². The lowest BCUT2D eigenvalue weighted by Gasteiger charge is -2.05. The van der Waals surface area contributed by atoms with Crippen LogP contribution in [0.15, 0.2) is 12.1 Å². The molecule has 0 amide bonds. The highest BCUT2D eigenvalue weighted by Gasteiger charge is 2.14. The third kappa shape index (κ3) is 2.01. The number of carbonyl (C=O) groups is 1. The Morgan fingerprint density at radius 1 is 1.54 bits per heavy atom. The van der Waals surface area contributed by atoms with Crippen LogP contribution in [0.25, 0.3) is 0 Å². The SMILES string of the molecule is Cc1c(F)ccc(Cl)c1C(=O)CCl. The largest absolute Gasteiger partial charge is 0.293 e. The Balaban J connectivity index is 3.33. The zero-order valence-corrected chi connectivity index (χ0v) is 8.42. The second-order valence-corrected chi connectivity index (χ2v) is 3.26. The van der Waals surface area contributed by atoms with Crippen LogP contribution in [0.4, 0.5) is 4.39 Å². The highest BCUT2D eigenvalue weighted by Crippen LogP contribution is 2.22. The predicted molar refractivity (Wildman–Crippen MR) is 51.2 cm³/mol. The lowest BCUT2D eigenvalue weighted by Crippen LogP contribution is -2.05. The van der Waals surface area contributed by atoms with E-state index in [-0.39, 0.29) is 27.8 Å². The molecule has 1 nitrogen and oxygen atoms in total. The quantitative estimate of drug-likeness (QED) is 0.553. The molecule has 0 fully saturated rings. The van der Waals surface area contributed by atoms with Crippen molar-refractivity contribution in [3.05, 3.63) is 34.1 Å². The van der Waals surface area contributed by atoms with Gasteiger partial charge in [0, 0.05) is 5.56 Å². The van der Waals surface area contributed by atoms with Crippen molar-refractivity contribution in [2.45, 2.75) is 6.92 Å². The molecule has 1 rings (SSSR count).